The summed E-state index contributed by atoms with van der Waals surface area (Å²) in [5, 5.41) is 0. The van der Waals surface area contributed by atoms with E-state index in [4.69, 9.17) is 9.47 Å². The predicted octanol–water partition coefficient (Wildman–Crippen LogP) is 3.47. The highest BCUT2D eigenvalue weighted by molar-refractivity contribution is 8.00. The van der Waals surface area contributed by atoms with Gasteiger partial charge in [0.05, 0.1) is 5.75 Å². The second-order valence-corrected chi connectivity index (χ2v) is 9.00. The molecule has 174 valence electrons. The van der Waals surface area contributed by atoms with Crippen molar-refractivity contribution in [2.45, 2.75) is 36.4 Å². The van der Waals surface area contributed by atoms with Gasteiger partial charge >= 0.3 is 12.1 Å². The van der Waals surface area contributed by atoms with Crippen molar-refractivity contribution in [3.05, 3.63) is 66.0 Å². The molecule has 1 atom stereocenters. The zero-order chi connectivity index (χ0) is 23.2. The highest BCUT2D eigenvalue weighted by Gasteiger charge is 2.44. The summed E-state index contributed by atoms with van der Waals surface area (Å²) in [5.74, 6) is -0.545. The van der Waals surface area contributed by atoms with Crippen LogP contribution in [0.25, 0.3) is 0 Å². The molecule has 2 aliphatic heterocycles. The average molecular weight is 473 g/mol. The molecule has 2 fully saturated rings. The second kappa shape index (κ2) is 10.7. The Balaban J connectivity index is 1.27. The number of hydrogen-bond acceptors (Lipinski definition) is 6. The Hall–Kier alpha value is -3.07. The third-order valence-electron chi connectivity index (χ3n) is 5.79. The normalized spacial score (nSPS) is 18.8. The highest BCUT2D eigenvalue weighted by Crippen LogP contribution is 2.26. The molecule has 0 aliphatic carbocycles. The van der Waals surface area contributed by atoms with Crippen molar-refractivity contribution in [3.8, 4) is 0 Å². The maximum atomic E-state index is 13.0. The van der Waals surface area contributed by atoms with Gasteiger partial charge < -0.3 is 14.4 Å². The van der Waals surface area contributed by atoms with Crippen LogP contribution in [0.15, 0.2) is 59.5 Å². The van der Waals surface area contributed by atoms with E-state index in [2.05, 4.69) is 0 Å². The molecule has 0 spiro atoms. The Morgan fingerprint density at radius 2 is 1.76 bits per heavy atom. The number of rotatable bonds is 7. The zero-order valence-electron chi connectivity index (χ0n) is 18.0. The van der Waals surface area contributed by atoms with Crippen LogP contribution >= 0.6 is 11.8 Å². The Morgan fingerprint density at radius 3 is 2.45 bits per heavy atom. The molecular formula is C24H25FN2O5S. The molecule has 33 heavy (non-hydrogen) atoms. The Bertz CT molecular complexity index is 980. The van der Waals surface area contributed by atoms with Crippen LogP contribution in [0.3, 0.4) is 0 Å². The van der Waals surface area contributed by atoms with Gasteiger partial charge in [-0.3, -0.25) is 9.69 Å². The van der Waals surface area contributed by atoms with E-state index in [1.165, 1.54) is 28.8 Å². The monoisotopic (exact) mass is 472 g/mol. The topological polar surface area (TPSA) is 76.2 Å². The minimum absolute atomic E-state index is 0.00871. The lowest BCUT2D eigenvalue weighted by molar-refractivity contribution is -0.150. The van der Waals surface area contributed by atoms with Gasteiger partial charge in [0, 0.05) is 24.0 Å². The number of ether oxygens (including phenoxy) is 2. The molecule has 2 aliphatic rings. The summed E-state index contributed by atoms with van der Waals surface area (Å²) in [6.07, 6.45) is 0.600. The third-order valence-corrected chi connectivity index (χ3v) is 6.79. The van der Waals surface area contributed by atoms with E-state index in [-0.39, 0.29) is 36.7 Å². The smallest absolute Gasteiger partial charge is 0.410 e. The van der Waals surface area contributed by atoms with Crippen LogP contribution in [-0.2, 0) is 25.7 Å². The fourth-order valence-electron chi connectivity index (χ4n) is 4.00. The number of carbonyl (C=O) groups is 3. The molecule has 9 heteroatoms. The number of cyclic esters (lactones) is 1. The minimum atomic E-state index is -0.775. The van der Waals surface area contributed by atoms with Gasteiger partial charge in [-0.2, -0.15) is 0 Å². The first kappa shape index (κ1) is 23.1. The zero-order valence-corrected chi connectivity index (χ0v) is 18.8. The molecule has 0 saturated carbocycles. The van der Waals surface area contributed by atoms with Gasteiger partial charge in [-0.05, 0) is 42.7 Å². The number of carbonyl (C=O) groups excluding carboxylic acids is 3. The first-order chi connectivity index (χ1) is 16.0. The lowest BCUT2D eigenvalue weighted by Gasteiger charge is -2.37. The molecule has 4 rings (SSSR count). The molecule has 0 aromatic heterocycles. The molecule has 2 aromatic carbocycles. The van der Waals surface area contributed by atoms with Crippen molar-refractivity contribution in [1.82, 2.24) is 9.80 Å². The van der Waals surface area contributed by atoms with Crippen molar-refractivity contribution in [1.29, 1.82) is 0 Å². The maximum Gasteiger partial charge on any atom is 0.410 e. The van der Waals surface area contributed by atoms with E-state index in [0.29, 0.717) is 25.9 Å². The maximum absolute atomic E-state index is 13.0. The predicted molar refractivity (Wildman–Crippen MR) is 120 cm³/mol. The number of likely N-dealkylation sites (tertiary alicyclic amines) is 1. The fourth-order valence-corrected chi connectivity index (χ4v) is 4.80. The summed E-state index contributed by atoms with van der Waals surface area (Å²) in [6, 6.07) is 14.4. The lowest BCUT2D eigenvalue weighted by atomic mass is 10.0. The van der Waals surface area contributed by atoms with Crippen LogP contribution in [0.5, 0.6) is 0 Å². The first-order valence-corrected chi connectivity index (χ1v) is 11.8. The van der Waals surface area contributed by atoms with E-state index in [1.807, 2.05) is 30.3 Å². The van der Waals surface area contributed by atoms with Crippen molar-refractivity contribution in [2.75, 3.05) is 25.4 Å². The van der Waals surface area contributed by atoms with E-state index in [9.17, 15) is 18.8 Å². The molecular weight excluding hydrogens is 447 g/mol. The number of piperidine rings is 1. The number of hydrogen-bond donors (Lipinski definition) is 0. The van der Waals surface area contributed by atoms with Crippen LogP contribution < -0.4 is 0 Å². The van der Waals surface area contributed by atoms with Gasteiger partial charge in [0.1, 0.15) is 19.0 Å². The van der Waals surface area contributed by atoms with Crippen LogP contribution in [-0.4, -0.2) is 65.3 Å². The highest BCUT2D eigenvalue weighted by atomic mass is 32.2. The van der Waals surface area contributed by atoms with E-state index >= 15 is 0 Å². The summed E-state index contributed by atoms with van der Waals surface area (Å²) in [4.78, 5) is 41.6. The van der Waals surface area contributed by atoms with Gasteiger partial charge in [-0.25, -0.2) is 14.0 Å². The fraction of sp³-hybridized carbons (Fsp3) is 0.375. The van der Waals surface area contributed by atoms with Crippen molar-refractivity contribution >= 4 is 29.7 Å². The van der Waals surface area contributed by atoms with Gasteiger partial charge in [0.25, 0.3) is 0 Å². The van der Waals surface area contributed by atoms with Gasteiger partial charge in [0.15, 0.2) is 6.04 Å². The number of esters is 1. The molecule has 2 heterocycles. The summed E-state index contributed by atoms with van der Waals surface area (Å²) in [7, 11) is 0. The molecule has 2 saturated heterocycles. The Labute approximate surface area is 195 Å². The van der Waals surface area contributed by atoms with Crippen molar-refractivity contribution in [2.24, 2.45) is 0 Å². The molecule has 0 bridgehead atoms. The second-order valence-electron chi connectivity index (χ2n) is 7.95. The molecule has 2 aromatic rings. The molecule has 0 radical (unpaired) electrons. The molecule has 7 nitrogen and oxygen atoms in total. The Morgan fingerprint density at radius 1 is 1.06 bits per heavy atom. The summed E-state index contributed by atoms with van der Waals surface area (Å²) >= 11 is 1.36. The van der Waals surface area contributed by atoms with Crippen LogP contribution in [0.2, 0.25) is 0 Å². The number of thioether (sulfide) groups is 1. The van der Waals surface area contributed by atoms with Crippen molar-refractivity contribution in [3.63, 3.8) is 0 Å². The SMILES string of the molecule is O=C(OCc1ccccc1)C1COC(=O)N1C1CCN(C(=O)CSc2ccc(F)cc2)CC1. The summed E-state index contributed by atoms with van der Waals surface area (Å²) in [5.41, 5.74) is 0.868. The van der Waals surface area contributed by atoms with E-state index in [1.54, 1.807) is 17.0 Å². The quantitative estimate of drug-likeness (QED) is 0.454. The van der Waals surface area contributed by atoms with Crippen LogP contribution in [0.1, 0.15) is 18.4 Å². The third kappa shape index (κ3) is 5.84. The van der Waals surface area contributed by atoms with E-state index < -0.39 is 18.1 Å². The first-order valence-electron chi connectivity index (χ1n) is 10.8. The largest absolute Gasteiger partial charge is 0.459 e. The standard InChI is InChI=1S/C24H25FN2O5S/c25-18-6-8-20(9-7-18)33-16-22(28)26-12-10-19(11-13-26)27-21(15-32-24(27)30)23(29)31-14-17-4-2-1-3-5-17/h1-9,19,21H,10-16H2. The Kier molecular flexibility index (Phi) is 7.49. The molecule has 2 amide bonds. The average Bonchev–Trinajstić information content (AvgIpc) is 3.24. The number of amides is 2. The van der Waals surface area contributed by atoms with Crippen LogP contribution in [0.4, 0.5) is 9.18 Å². The summed E-state index contributed by atoms with van der Waals surface area (Å²) in [6.45, 7) is 1.09. The van der Waals surface area contributed by atoms with Crippen LogP contribution in [0, 0.1) is 5.82 Å². The van der Waals surface area contributed by atoms with Gasteiger partial charge in [-0.15, -0.1) is 11.8 Å². The summed E-state index contributed by atoms with van der Waals surface area (Å²) < 4.78 is 23.6. The van der Waals surface area contributed by atoms with Crippen molar-refractivity contribution < 1.29 is 28.2 Å². The minimum Gasteiger partial charge on any atom is -0.459 e. The van der Waals surface area contributed by atoms with Gasteiger partial charge in [-0.1, -0.05) is 30.3 Å². The number of benzene rings is 2. The number of halogens is 1. The molecule has 1 unspecified atom stereocenters. The molecule has 0 N–H and O–H groups in total. The lowest BCUT2D eigenvalue weighted by Crippen LogP contribution is -2.52. The van der Waals surface area contributed by atoms with E-state index in [0.717, 1.165) is 10.5 Å². The number of nitrogens with zero attached hydrogens (tertiary/aromatic N) is 2. The van der Waals surface area contributed by atoms with Gasteiger partial charge in [0.2, 0.25) is 5.91 Å².